The number of rotatable bonds is 2. The highest BCUT2D eigenvalue weighted by Crippen LogP contribution is 2.07. The maximum absolute atomic E-state index is 8.59. The summed E-state index contributed by atoms with van der Waals surface area (Å²) < 4.78 is 0. The molecule has 0 spiro atoms. The van der Waals surface area contributed by atoms with Gasteiger partial charge in [0.1, 0.15) is 6.07 Å². The molecule has 0 bridgehead atoms. The van der Waals surface area contributed by atoms with Crippen LogP contribution in [-0.4, -0.2) is 10.9 Å². The fourth-order valence-electron chi connectivity index (χ4n) is 1.06. The molecule has 0 aliphatic carbocycles. The third-order valence-electron chi connectivity index (χ3n) is 1.76. The van der Waals surface area contributed by atoms with Crippen LogP contribution in [0.25, 0.3) is 6.08 Å². The third kappa shape index (κ3) is 2.46. The van der Waals surface area contributed by atoms with Gasteiger partial charge in [0.15, 0.2) is 5.71 Å². The normalized spacial score (nSPS) is 12.3. The lowest BCUT2D eigenvalue weighted by Crippen LogP contribution is -1.95. The molecule has 0 atom stereocenters. The van der Waals surface area contributed by atoms with Crippen LogP contribution in [0.3, 0.4) is 0 Å². The predicted octanol–water partition coefficient (Wildman–Crippen LogP) is 2.44. The molecular formula is C11H10N2O. The zero-order valence-corrected chi connectivity index (χ0v) is 7.81. The van der Waals surface area contributed by atoms with Crippen LogP contribution in [0, 0.1) is 11.3 Å². The van der Waals surface area contributed by atoms with Crippen molar-refractivity contribution in [1.82, 2.24) is 0 Å². The zero-order valence-electron chi connectivity index (χ0n) is 7.81. The van der Waals surface area contributed by atoms with Crippen LogP contribution >= 0.6 is 0 Å². The summed E-state index contributed by atoms with van der Waals surface area (Å²) in [6, 6.07) is 11.4. The van der Waals surface area contributed by atoms with E-state index in [0.717, 1.165) is 5.56 Å². The lowest BCUT2D eigenvalue weighted by Gasteiger charge is -1.96. The Morgan fingerprint density at radius 3 is 2.57 bits per heavy atom. The topological polar surface area (TPSA) is 56.4 Å². The number of nitriles is 1. The summed E-state index contributed by atoms with van der Waals surface area (Å²) in [6.45, 7) is 1.73. The number of allylic oxidation sites excluding steroid dienone is 1. The van der Waals surface area contributed by atoms with E-state index in [-0.39, 0.29) is 5.71 Å². The van der Waals surface area contributed by atoms with E-state index in [1.807, 2.05) is 30.3 Å². The average Bonchev–Trinajstić information content (AvgIpc) is 2.21. The maximum atomic E-state index is 8.59. The highest BCUT2D eigenvalue weighted by atomic mass is 16.4. The summed E-state index contributed by atoms with van der Waals surface area (Å²) in [5, 5.41) is 20.0. The second-order valence-electron chi connectivity index (χ2n) is 2.80. The van der Waals surface area contributed by atoms with Crippen molar-refractivity contribution in [2.24, 2.45) is 5.16 Å². The Morgan fingerprint density at radius 2 is 2.07 bits per heavy atom. The van der Waals surface area contributed by atoms with Crippen LogP contribution in [0.15, 0.2) is 41.1 Å². The smallest absolute Gasteiger partial charge is 0.182 e. The predicted molar refractivity (Wildman–Crippen MR) is 54.9 cm³/mol. The number of oxime groups is 1. The molecule has 0 unspecified atom stereocenters. The Balaban J connectivity index is 2.96. The van der Waals surface area contributed by atoms with Gasteiger partial charge in [-0.25, -0.2) is 0 Å². The average molecular weight is 186 g/mol. The minimum absolute atomic E-state index is 0.0360. The largest absolute Gasteiger partial charge is 0.410 e. The van der Waals surface area contributed by atoms with Gasteiger partial charge in [-0.15, -0.1) is 0 Å². The van der Waals surface area contributed by atoms with E-state index in [1.54, 1.807) is 19.1 Å². The van der Waals surface area contributed by atoms with Crippen molar-refractivity contribution in [2.75, 3.05) is 0 Å². The summed E-state index contributed by atoms with van der Waals surface area (Å²) in [5.41, 5.74) is 1.65. The van der Waals surface area contributed by atoms with Crippen molar-refractivity contribution in [3.8, 4) is 6.07 Å². The van der Waals surface area contributed by atoms with E-state index >= 15 is 0 Å². The van der Waals surface area contributed by atoms with Crippen LogP contribution in [0.4, 0.5) is 0 Å². The van der Waals surface area contributed by atoms with E-state index < -0.39 is 0 Å². The van der Waals surface area contributed by atoms with Crippen LogP contribution in [0.1, 0.15) is 12.5 Å². The maximum Gasteiger partial charge on any atom is 0.182 e. The van der Waals surface area contributed by atoms with Gasteiger partial charge >= 0.3 is 0 Å². The summed E-state index contributed by atoms with van der Waals surface area (Å²) in [7, 11) is 0. The van der Waals surface area contributed by atoms with Gasteiger partial charge in [-0.05, 0) is 24.1 Å². The molecule has 0 aliphatic heterocycles. The summed E-state index contributed by atoms with van der Waals surface area (Å²) in [5.74, 6) is 0. The number of nitrogens with zero attached hydrogens (tertiary/aromatic N) is 2. The van der Waals surface area contributed by atoms with Crippen molar-refractivity contribution < 1.29 is 5.21 Å². The van der Waals surface area contributed by atoms with Crippen LogP contribution in [-0.2, 0) is 0 Å². The Morgan fingerprint density at radius 1 is 1.43 bits per heavy atom. The van der Waals surface area contributed by atoms with E-state index in [0.29, 0.717) is 5.57 Å². The Kier molecular flexibility index (Phi) is 3.45. The molecule has 0 aliphatic rings. The molecule has 0 radical (unpaired) electrons. The van der Waals surface area contributed by atoms with Gasteiger partial charge in [0.05, 0.1) is 0 Å². The monoisotopic (exact) mass is 186 g/mol. The van der Waals surface area contributed by atoms with Gasteiger partial charge in [-0.2, -0.15) is 5.26 Å². The molecule has 0 amide bonds. The van der Waals surface area contributed by atoms with E-state index in [4.69, 9.17) is 10.5 Å². The van der Waals surface area contributed by atoms with Crippen molar-refractivity contribution >= 4 is 11.8 Å². The van der Waals surface area contributed by atoms with Gasteiger partial charge in [-0.3, -0.25) is 0 Å². The van der Waals surface area contributed by atoms with Crippen molar-refractivity contribution in [3.63, 3.8) is 0 Å². The van der Waals surface area contributed by atoms with Gasteiger partial charge in [0, 0.05) is 0 Å². The quantitative estimate of drug-likeness (QED) is 0.438. The first-order valence-corrected chi connectivity index (χ1v) is 4.14. The Bertz CT molecular complexity index is 399. The Labute approximate surface area is 82.6 Å². The lowest BCUT2D eigenvalue weighted by atomic mass is 10.1. The molecule has 0 heterocycles. The second kappa shape index (κ2) is 4.83. The SMILES string of the molecule is CC(=Cc1ccccc1)C(C#N)=NO. The second-order valence-corrected chi connectivity index (χ2v) is 2.80. The molecule has 0 fully saturated rings. The van der Waals surface area contributed by atoms with Gasteiger partial charge in [-0.1, -0.05) is 35.5 Å². The zero-order chi connectivity index (χ0) is 10.4. The molecule has 1 aromatic rings. The number of benzene rings is 1. The minimum atomic E-state index is 0.0360. The first-order chi connectivity index (χ1) is 6.77. The van der Waals surface area contributed by atoms with Crippen molar-refractivity contribution in [1.29, 1.82) is 5.26 Å². The van der Waals surface area contributed by atoms with E-state index in [9.17, 15) is 0 Å². The van der Waals surface area contributed by atoms with E-state index in [1.165, 1.54) is 0 Å². The number of hydrogen-bond acceptors (Lipinski definition) is 3. The fourth-order valence-corrected chi connectivity index (χ4v) is 1.06. The van der Waals surface area contributed by atoms with Gasteiger partial charge in [0.2, 0.25) is 0 Å². The molecule has 70 valence electrons. The molecule has 1 N–H and O–H groups in total. The molecule has 0 aromatic heterocycles. The third-order valence-corrected chi connectivity index (χ3v) is 1.76. The summed E-state index contributed by atoms with van der Waals surface area (Å²) in [4.78, 5) is 0. The fraction of sp³-hybridized carbons (Fsp3) is 0.0909. The van der Waals surface area contributed by atoms with Crippen LogP contribution in [0.5, 0.6) is 0 Å². The van der Waals surface area contributed by atoms with Crippen LogP contribution < -0.4 is 0 Å². The molecule has 0 saturated carbocycles. The molecule has 14 heavy (non-hydrogen) atoms. The van der Waals surface area contributed by atoms with Crippen LogP contribution in [0.2, 0.25) is 0 Å². The van der Waals surface area contributed by atoms with E-state index in [2.05, 4.69) is 5.16 Å². The van der Waals surface area contributed by atoms with Crippen molar-refractivity contribution in [3.05, 3.63) is 41.5 Å². The minimum Gasteiger partial charge on any atom is -0.410 e. The summed E-state index contributed by atoms with van der Waals surface area (Å²) >= 11 is 0. The molecule has 3 nitrogen and oxygen atoms in total. The first kappa shape index (κ1) is 10.0. The molecule has 1 rings (SSSR count). The standard InChI is InChI=1S/C11H10N2O/c1-9(11(8-12)13-14)7-10-5-3-2-4-6-10/h2-7,14H,1H3. The summed E-state index contributed by atoms with van der Waals surface area (Å²) in [6.07, 6.45) is 1.79. The number of hydrogen-bond donors (Lipinski definition) is 1. The molecular weight excluding hydrogens is 176 g/mol. The lowest BCUT2D eigenvalue weighted by molar-refractivity contribution is 0.320. The van der Waals surface area contributed by atoms with Gasteiger partial charge < -0.3 is 5.21 Å². The highest BCUT2D eigenvalue weighted by molar-refractivity contribution is 6.13. The first-order valence-electron chi connectivity index (χ1n) is 4.14. The molecule has 3 heteroatoms. The van der Waals surface area contributed by atoms with Crippen molar-refractivity contribution in [2.45, 2.75) is 6.92 Å². The molecule has 0 saturated heterocycles. The van der Waals surface area contributed by atoms with Gasteiger partial charge in [0.25, 0.3) is 0 Å². The molecule has 1 aromatic carbocycles. The highest BCUT2D eigenvalue weighted by Gasteiger charge is 2.00. The Hall–Kier alpha value is -2.08.